The lowest BCUT2D eigenvalue weighted by molar-refractivity contribution is -0.153. The fourth-order valence-electron chi connectivity index (χ4n) is 0.836. The van der Waals surface area contributed by atoms with Crippen LogP contribution in [0.2, 0.25) is 0 Å². The molecule has 0 unspecified atom stereocenters. The van der Waals surface area contributed by atoms with Crippen LogP contribution in [0.15, 0.2) is 23.5 Å². The largest absolute Gasteiger partial charge is 0.482 e. The monoisotopic (exact) mass is 220 g/mol. The summed E-state index contributed by atoms with van der Waals surface area (Å²) in [6, 6.07) is 2.72. The molecule has 4 nitrogen and oxygen atoms in total. The molecule has 15 heavy (non-hydrogen) atoms. The fraction of sp³-hybridized carbons (Fsp3) is 0.250. The average molecular weight is 220 g/mol. The molecule has 0 radical (unpaired) electrons. The van der Waals surface area contributed by atoms with Crippen molar-refractivity contribution in [3.05, 3.63) is 24.0 Å². The standard InChI is InChI=1S/C8H7F3N2O2/c9-8(10,11)5-15-7-2-1-3-12-6(7)4-13-14/h1-4,14H,5H2/b13-4+. The predicted octanol–water partition coefficient (Wildman–Crippen LogP) is 1.83. The van der Waals surface area contributed by atoms with Gasteiger partial charge < -0.3 is 9.94 Å². The normalized spacial score (nSPS) is 11.9. The minimum Gasteiger partial charge on any atom is -0.482 e. The molecule has 7 heteroatoms. The number of nitrogens with zero attached hydrogens (tertiary/aromatic N) is 2. The average Bonchev–Trinajstić information content (AvgIpc) is 2.16. The van der Waals surface area contributed by atoms with Gasteiger partial charge in [0.05, 0.1) is 6.21 Å². The summed E-state index contributed by atoms with van der Waals surface area (Å²) in [5, 5.41) is 10.9. The summed E-state index contributed by atoms with van der Waals surface area (Å²) in [5.41, 5.74) is 0.0317. The number of rotatable bonds is 3. The van der Waals surface area contributed by atoms with Gasteiger partial charge in [-0.3, -0.25) is 4.98 Å². The van der Waals surface area contributed by atoms with Crippen LogP contribution in [0.4, 0.5) is 13.2 Å². The lowest BCUT2D eigenvalue weighted by Crippen LogP contribution is -2.19. The van der Waals surface area contributed by atoms with Gasteiger partial charge in [0.25, 0.3) is 0 Å². The Morgan fingerprint density at radius 3 is 2.87 bits per heavy atom. The minimum absolute atomic E-state index is 0.0317. The van der Waals surface area contributed by atoms with Gasteiger partial charge in [-0.15, -0.1) is 0 Å². The van der Waals surface area contributed by atoms with Gasteiger partial charge >= 0.3 is 6.18 Å². The van der Waals surface area contributed by atoms with Gasteiger partial charge in [0, 0.05) is 6.20 Å². The first-order valence-electron chi connectivity index (χ1n) is 3.85. The molecular weight excluding hydrogens is 213 g/mol. The second kappa shape index (κ2) is 4.63. The molecule has 0 aliphatic heterocycles. The number of halogens is 3. The number of alkyl halides is 3. The first-order chi connectivity index (χ1) is 7.03. The molecule has 0 saturated heterocycles. The van der Waals surface area contributed by atoms with E-state index in [9.17, 15) is 13.2 Å². The maximum atomic E-state index is 11.8. The van der Waals surface area contributed by atoms with Crippen molar-refractivity contribution in [2.75, 3.05) is 6.61 Å². The Hall–Kier alpha value is -1.79. The minimum atomic E-state index is -4.41. The highest BCUT2D eigenvalue weighted by Crippen LogP contribution is 2.19. The van der Waals surface area contributed by atoms with E-state index in [0.29, 0.717) is 0 Å². The highest BCUT2D eigenvalue weighted by molar-refractivity contribution is 5.80. The predicted molar refractivity (Wildman–Crippen MR) is 45.2 cm³/mol. The SMILES string of the molecule is O/N=C/c1ncccc1OCC(F)(F)F. The molecule has 1 heterocycles. The van der Waals surface area contributed by atoms with Crippen LogP contribution in [0.5, 0.6) is 5.75 Å². The van der Waals surface area contributed by atoms with Crippen molar-refractivity contribution >= 4 is 6.21 Å². The highest BCUT2D eigenvalue weighted by Gasteiger charge is 2.28. The topological polar surface area (TPSA) is 54.7 Å². The van der Waals surface area contributed by atoms with Crippen LogP contribution in [0.25, 0.3) is 0 Å². The van der Waals surface area contributed by atoms with Crippen molar-refractivity contribution in [3.63, 3.8) is 0 Å². The van der Waals surface area contributed by atoms with Crippen LogP contribution >= 0.6 is 0 Å². The van der Waals surface area contributed by atoms with Gasteiger partial charge in [0.2, 0.25) is 0 Å². The summed E-state index contributed by atoms with van der Waals surface area (Å²) < 4.78 is 40.0. The molecule has 0 aromatic carbocycles. The van der Waals surface area contributed by atoms with Crippen molar-refractivity contribution in [2.24, 2.45) is 5.16 Å². The quantitative estimate of drug-likeness (QED) is 0.480. The summed E-state index contributed by atoms with van der Waals surface area (Å²) in [7, 11) is 0. The van der Waals surface area contributed by atoms with Crippen molar-refractivity contribution in [3.8, 4) is 5.75 Å². The third-order valence-electron chi connectivity index (χ3n) is 1.37. The molecule has 0 bridgehead atoms. The van der Waals surface area contributed by atoms with E-state index < -0.39 is 12.8 Å². The maximum Gasteiger partial charge on any atom is 0.422 e. The zero-order chi connectivity index (χ0) is 11.3. The molecule has 82 valence electrons. The zero-order valence-corrected chi connectivity index (χ0v) is 7.40. The van der Waals surface area contributed by atoms with E-state index in [2.05, 4.69) is 14.9 Å². The van der Waals surface area contributed by atoms with Gasteiger partial charge in [0.15, 0.2) is 6.61 Å². The third-order valence-corrected chi connectivity index (χ3v) is 1.37. The number of oxime groups is 1. The number of ether oxygens (including phenoxy) is 1. The Kier molecular flexibility index (Phi) is 3.48. The molecule has 1 aromatic heterocycles. The van der Waals surface area contributed by atoms with E-state index in [1.807, 2.05) is 0 Å². The Morgan fingerprint density at radius 1 is 1.53 bits per heavy atom. The number of hydrogen-bond acceptors (Lipinski definition) is 4. The summed E-state index contributed by atoms with van der Waals surface area (Å²) in [5.74, 6) is -0.0902. The lowest BCUT2D eigenvalue weighted by Gasteiger charge is -2.09. The van der Waals surface area contributed by atoms with Crippen molar-refractivity contribution in [1.82, 2.24) is 4.98 Å². The van der Waals surface area contributed by atoms with E-state index in [1.54, 1.807) is 0 Å². The first kappa shape index (κ1) is 11.3. The molecule has 0 aliphatic carbocycles. The van der Waals surface area contributed by atoms with Gasteiger partial charge in [0.1, 0.15) is 11.4 Å². The van der Waals surface area contributed by atoms with Crippen LogP contribution in [0.1, 0.15) is 5.69 Å². The van der Waals surface area contributed by atoms with Crippen molar-refractivity contribution in [2.45, 2.75) is 6.18 Å². The van der Waals surface area contributed by atoms with E-state index >= 15 is 0 Å². The zero-order valence-electron chi connectivity index (χ0n) is 7.40. The summed E-state index contributed by atoms with van der Waals surface area (Å²) in [4.78, 5) is 3.67. The van der Waals surface area contributed by atoms with E-state index in [-0.39, 0.29) is 11.4 Å². The molecule has 1 rings (SSSR count). The smallest absolute Gasteiger partial charge is 0.422 e. The maximum absolute atomic E-state index is 11.8. The molecule has 1 aromatic rings. The summed E-state index contributed by atoms with van der Waals surface area (Å²) in [6.07, 6.45) is -2.17. The van der Waals surface area contributed by atoms with Crippen molar-refractivity contribution < 1.29 is 23.1 Å². The van der Waals surface area contributed by atoms with Gasteiger partial charge in [-0.2, -0.15) is 13.2 Å². The fourth-order valence-corrected chi connectivity index (χ4v) is 0.836. The molecule has 0 atom stereocenters. The van der Waals surface area contributed by atoms with E-state index in [0.717, 1.165) is 6.21 Å². The molecule has 1 N–H and O–H groups in total. The molecule has 0 fully saturated rings. The van der Waals surface area contributed by atoms with Crippen LogP contribution in [-0.4, -0.2) is 29.2 Å². The number of pyridine rings is 1. The molecular formula is C8H7F3N2O2. The third kappa shape index (κ3) is 3.84. The highest BCUT2D eigenvalue weighted by atomic mass is 19.4. The molecule has 0 spiro atoms. The Labute approximate surface area is 83.0 Å². The van der Waals surface area contributed by atoms with Gasteiger partial charge in [-0.05, 0) is 12.1 Å². The van der Waals surface area contributed by atoms with Crippen molar-refractivity contribution in [1.29, 1.82) is 0 Å². The second-order valence-electron chi connectivity index (χ2n) is 2.54. The molecule has 0 amide bonds. The number of aromatic nitrogens is 1. The molecule has 0 saturated carbocycles. The lowest BCUT2D eigenvalue weighted by atomic mass is 10.3. The Balaban J connectivity index is 2.76. The van der Waals surface area contributed by atoms with Crippen LogP contribution in [0.3, 0.4) is 0 Å². The second-order valence-corrected chi connectivity index (χ2v) is 2.54. The van der Waals surface area contributed by atoms with E-state index in [1.165, 1.54) is 18.3 Å². The number of hydrogen-bond donors (Lipinski definition) is 1. The summed E-state index contributed by atoms with van der Waals surface area (Å²) >= 11 is 0. The Bertz CT molecular complexity index is 352. The van der Waals surface area contributed by atoms with E-state index in [4.69, 9.17) is 5.21 Å². The van der Waals surface area contributed by atoms with Crippen LogP contribution < -0.4 is 4.74 Å². The molecule has 0 aliphatic rings. The Morgan fingerprint density at radius 2 is 2.27 bits per heavy atom. The van der Waals surface area contributed by atoms with Gasteiger partial charge in [-0.25, -0.2) is 0 Å². The van der Waals surface area contributed by atoms with Crippen LogP contribution in [-0.2, 0) is 0 Å². The summed E-state index contributed by atoms with van der Waals surface area (Å²) in [6.45, 7) is -1.41. The van der Waals surface area contributed by atoms with Crippen LogP contribution in [0, 0.1) is 0 Å². The first-order valence-corrected chi connectivity index (χ1v) is 3.85. The van der Waals surface area contributed by atoms with Gasteiger partial charge in [-0.1, -0.05) is 5.16 Å².